The van der Waals surface area contributed by atoms with Gasteiger partial charge in [-0.25, -0.2) is 9.97 Å². The van der Waals surface area contributed by atoms with Gasteiger partial charge in [-0.2, -0.15) is 0 Å². The van der Waals surface area contributed by atoms with E-state index in [9.17, 15) is 0 Å². The molecule has 0 bridgehead atoms. The molecule has 1 heterocycles. The average molecular weight is 270 g/mol. The minimum Gasteiger partial charge on any atom is -0.339 e. The van der Waals surface area contributed by atoms with Gasteiger partial charge in [-0.3, -0.25) is 0 Å². The number of halogens is 1. The Hall–Kier alpha value is -2.13. The fourth-order valence-electron chi connectivity index (χ4n) is 1.96. The topological polar surface area (TPSA) is 37.8 Å². The zero-order valence-corrected chi connectivity index (χ0v) is 11.1. The summed E-state index contributed by atoms with van der Waals surface area (Å²) in [5.74, 6) is 0.788. The van der Waals surface area contributed by atoms with Crippen molar-refractivity contribution < 1.29 is 0 Å². The van der Waals surface area contributed by atoms with Crippen LogP contribution < -0.4 is 5.32 Å². The number of anilines is 2. The van der Waals surface area contributed by atoms with Gasteiger partial charge in [0, 0.05) is 16.1 Å². The van der Waals surface area contributed by atoms with E-state index in [4.69, 9.17) is 11.6 Å². The Balaban J connectivity index is 2.08. The first-order chi connectivity index (χ1) is 9.24. The van der Waals surface area contributed by atoms with Gasteiger partial charge in [-0.15, -0.1) is 0 Å². The third kappa shape index (κ3) is 2.37. The minimum atomic E-state index is 0.700. The van der Waals surface area contributed by atoms with Crippen molar-refractivity contribution in [2.24, 2.45) is 0 Å². The van der Waals surface area contributed by atoms with E-state index >= 15 is 0 Å². The Morgan fingerprint density at radius 3 is 2.79 bits per heavy atom. The third-order valence-electron chi connectivity index (χ3n) is 3.00. The average Bonchev–Trinajstić information content (AvgIpc) is 2.43. The van der Waals surface area contributed by atoms with Crippen LogP contribution in [-0.4, -0.2) is 9.97 Å². The Labute approximate surface area is 116 Å². The normalized spacial score (nSPS) is 10.6. The van der Waals surface area contributed by atoms with E-state index in [1.54, 1.807) is 6.33 Å². The predicted molar refractivity (Wildman–Crippen MR) is 79.0 cm³/mol. The van der Waals surface area contributed by atoms with Gasteiger partial charge in [0.25, 0.3) is 0 Å². The summed E-state index contributed by atoms with van der Waals surface area (Å²) in [4.78, 5) is 8.55. The molecule has 0 saturated heterocycles. The first kappa shape index (κ1) is 11.9. The molecule has 1 N–H and O–H groups in total. The molecule has 0 fully saturated rings. The van der Waals surface area contributed by atoms with Crippen LogP contribution in [0.25, 0.3) is 10.9 Å². The molecule has 0 aliphatic carbocycles. The minimum absolute atomic E-state index is 0.700. The second kappa shape index (κ2) is 4.86. The highest BCUT2D eigenvalue weighted by Gasteiger charge is 2.05. The predicted octanol–water partition coefficient (Wildman–Crippen LogP) is 4.34. The van der Waals surface area contributed by atoms with Crippen LogP contribution in [0.5, 0.6) is 0 Å². The van der Waals surface area contributed by atoms with Gasteiger partial charge in [0.2, 0.25) is 0 Å². The first-order valence-electron chi connectivity index (χ1n) is 5.97. The van der Waals surface area contributed by atoms with Crippen molar-refractivity contribution in [3.8, 4) is 0 Å². The van der Waals surface area contributed by atoms with Crippen LogP contribution in [0.3, 0.4) is 0 Å². The number of rotatable bonds is 2. The summed E-state index contributed by atoms with van der Waals surface area (Å²) in [7, 11) is 0. The van der Waals surface area contributed by atoms with Crippen LogP contribution in [0, 0.1) is 6.92 Å². The Bertz CT molecular complexity index is 735. The van der Waals surface area contributed by atoms with Crippen molar-refractivity contribution in [3.05, 3.63) is 59.4 Å². The van der Waals surface area contributed by atoms with Gasteiger partial charge in [0.1, 0.15) is 12.1 Å². The van der Waals surface area contributed by atoms with Crippen LogP contribution in [0.1, 0.15) is 5.56 Å². The molecule has 0 aliphatic rings. The summed E-state index contributed by atoms with van der Waals surface area (Å²) in [6.07, 6.45) is 1.56. The highest BCUT2D eigenvalue weighted by Crippen LogP contribution is 2.26. The van der Waals surface area contributed by atoms with Gasteiger partial charge in [0.15, 0.2) is 0 Å². The standard InChI is InChI=1S/C15H12ClN3/c1-10-6-7-11(16)8-14(10)19-15-12-4-2-3-5-13(12)17-9-18-15/h2-9H,1H3,(H,17,18,19). The number of para-hydroxylation sites is 1. The van der Waals surface area contributed by atoms with Crippen LogP contribution in [0.4, 0.5) is 11.5 Å². The first-order valence-corrected chi connectivity index (χ1v) is 6.35. The molecular formula is C15H12ClN3. The molecule has 0 aliphatic heterocycles. The van der Waals surface area contributed by atoms with Crippen molar-refractivity contribution in [2.75, 3.05) is 5.32 Å². The molecule has 0 spiro atoms. The summed E-state index contributed by atoms with van der Waals surface area (Å²) < 4.78 is 0. The van der Waals surface area contributed by atoms with Crippen LogP contribution in [0.15, 0.2) is 48.8 Å². The quantitative estimate of drug-likeness (QED) is 0.752. The summed E-state index contributed by atoms with van der Waals surface area (Å²) in [6.45, 7) is 2.03. The maximum atomic E-state index is 6.03. The molecule has 4 heteroatoms. The van der Waals surface area contributed by atoms with E-state index in [1.807, 2.05) is 49.4 Å². The number of fused-ring (bicyclic) bond motifs is 1. The summed E-state index contributed by atoms with van der Waals surface area (Å²) in [5, 5.41) is 5.01. The van der Waals surface area contributed by atoms with E-state index in [0.29, 0.717) is 5.02 Å². The van der Waals surface area contributed by atoms with Crippen molar-refractivity contribution >= 4 is 34.0 Å². The van der Waals surface area contributed by atoms with Crippen LogP contribution in [-0.2, 0) is 0 Å². The van der Waals surface area contributed by atoms with Crippen LogP contribution in [0.2, 0.25) is 5.02 Å². The summed E-state index contributed by atoms with van der Waals surface area (Å²) >= 11 is 6.03. The lowest BCUT2D eigenvalue weighted by molar-refractivity contribution is 1.21. The molecule has 0 saturated carbocycles. The maximum absolute atomic E-state index is 6.03. The monoisotopic (exact) mass is 269 g/mol. The molecule has 3 aromatic rings. The van der Waals surface area contributed by atoms with Gasteiger partial charge in [-0.1, -0.05) is 29.8 Å². The van der Waals surface area contributed by atoms with E-state index < -0.39 is 0 Å². The number of nitrogens with zero attached hydrogens (tertiary/aromatic N) is 2. The van der Waals surface area contributed by atoms with Gasteiger partial charge in [0.05, 0.1) is 5.52 Å². The fraction of sp³-hybridized carbons (Fsp3) is 0.0667. The zero-order valence-electron chi connectivity index (χ0n) is 10.4. The van der Waals surface area contributed by atoms with Crippen molar-refractivity contribution in [3.63, 3.8) is 0 Å². The molecular weight excluding hydrogens is 258 g/mol. The van der Waals surface area contributed by atoms with E-state index in [1.165, 1.54) is 0 Å². The number of hydrogen-bond donors (Lipinski definition) is 1. The fourth-order valence-corrected chi connectivity index (χ4v) is 2.13. The van der Waals surface area contributed by atoms with Crippen LogP contribution >= 0.6 is 11.6 Å². The Morgan fingerprint density at radius 1 is 1.05 bits per heavy atom. The molecule has 19 heavy (non-hydrogen) atoms. The SMILES string of the molecule is Cc1ccc(Cl)cc1Nc1ncnc2ccccc12. The number of hydrogen-bond acceptors (Lipinski definition) is 3. The van der Waals surface area contributed by atoms with E-state index in [2.05, 4.69) is 15.3 Å². The Kier molecular flexibility index (Phi) is 3.05. The highest BCUT2D eigenvalue weighted by molar-refractivity contribution is 6.30. The van der Waals surface area contributed by atoms with E-state index in [0.717, 1.165) is 28.0 Å². The molecule has 0 unspecified atom stereocenters. The highest BCUT2D eigenvalue weighted by atomic mass is 35.5. The summed E-state index contributed by atoms with van der Waals surface area (Å²) in [5.41, 5.74) is 2.99. The molecule has 0 atom stereocenters. The zero-order chi connectivity index (χ0) is 13.2. The lowest BCUT2D eigenvalue weighted by Gasteiger charge is -2.10. The molecule has 3 rings (SSSR count). The molecule has 0 amide bonds. The van der Waals surface area contributed by atoms with Crippen molar-refractivity contribution in [1.82, 2.24) is 9.97 Å². The van der Waals surface area contributed by atoms with Gasteiger partial charge >= 0.3 is 0 Å². The number of nitrogens with one attached hydrogen (secondary N) is 1. The second-order valence-electron chi connectivity index (χ2n) is 4.32. The second-order valence-corrected chi connectivity index (χ2v) is 4.76. The molecule has 94 valence electrons. The largest absolute Gasteiger partial charge is 0.339 e. The van der Waals surface area contributed by atoms with Crippen molar-refractivity contribution in [2.45, 2.75) is 6.92 Å². The summed E-state index contributed by atoms with van der Waals surface area (Å²) in [6, 6.07) is 13.7. The van der Waals surface area contributed by atoms with E-state index in [-0.39, 0.29) is 0 Å². The lowest BCUT2D eigenvalue weighted by atomic mass is 10.2. The molecule has 2 aromatic carbocycles. The molecule has 1 aromatic heterocycles. The lowest BCUT2D eigenvalue weighted by Crippen LogP contribution is -1.97. The smallest absolute Gasteiger partial charge is 0.141 e. The number of benzene rings is 2. The number of aromatic nitrogens is 2. The number of aryl methyl sites for hydroxylation is 1. The van der Waals surface area contributed by atoms with Gasteiger partial charge in [-0.05, 0) is 36.8 Å². The maximum Gasteiger partial charge on any atom is 0.141 e. The molecule has 0 radical (unpaired) electrons. The van der Waals surface area contributed by atoms with Gasteiger partial charge < -0.3 is 5.32 Å². The molecule has 3 nitrogen and oxygen atoms in total. The Morgan fingerprint density at radius 2 is 1.89 bits per heavy atom. The third-order valence-corrected chi connectivity index (χ3v) is 3.23. The van der Waals surface area contributed by atoms with Crippen molar-refractivity contribution in [1.29, 1.82) is 0 Å².